The standard InChI is InChI=1S/C16H27NO2/c1-4-8-14(2)11-19-13-16(12-18,17-3)15-9-6-5-7-10-15/h5-7,9-10,14,17-18H,4,8,11-13H2,1-3H3. The molecule has 1 rings (SSSR count). The van der Waals surface area contributed by atoms with E-state index >= 15 is 0 Å². The van der Waals surface area contributed by atoms with Gasteiger partial charge in [0.25, 0.3) is 0 Å². The molecular weight excluding hydrogens is 238 g/mol. The van der Waals surface area contributed by atoms with E-state index in [9.17, 15) is 5.11 Å². The number of aliphatic hydroxyl groups is 1. The third-order valence-electron chi connectivity index (χ3n) is 3.61. The summed E-state index contributed by atoms with van der Waals surface area (Å²) in [6, 6.07) is 9.98. The van der Waals surface area contributed by atoms with Crippen LogP contribution in [0.25, 0.3) is 0 Å². The van der Waals surface area contributed by atoms with Crippen molar-refractivity contribution in [2.75, 3.05) is 26.9 Å². The minimum atomic E-state index is -0.507. The summed E-state index contributed by atoms with van der Waals surface area (Å²) >= 11 is 0. The number of aliphatic hydroxyl groups excluding tert-OH is 1. The van der Waals surface area contributed by atoms with E-state index in [1.54, 1.807) is 0 Å². The van der Waals surface area contributed by atoms with Crippen LogP contribution in [0.1, 0.15) is 32.3 Å². The second-order valence-electron chi connectivity index (χ2n) is 5.27. The van der Waals surface area contributed by atoms with Crippen LogP contribution in [0.5, 0.6) is 0 Å². The highest BCUT2D eigenvalue weighted by molar-refractivity contribution is 5.24. The van der Waals surface area contributed by atoms with Crippen LogP contribution in [0.15, 0.2) is 30.3 Å². The van der Waals surface area contributed by atoms with Crippen molar-refractivity contribution in [3.05, 3.63) is 35.9 Å². The molecule has 0 aliphatic rings. The van der Waals surface area contributed by atoms with Gasteiger partial charge < -0.3 is 15.2 Å². The summed E-state index contributed by atoms with van der Waals surface area (Å²) in [5, 5.41) is 13.0. The van der Waals surface area contributed by atoms with Gasteiger partial charge in [0.1, 0.15) is 0 Å². The number of nitrogens with one attached hydrogen (secondary N) is 1. The average molecular weight is 265 g/mol. The largest absolute Gasteiger partial charge is 0.394 e. The van der Waals surface area contributed by atoms with Crippen LogP contribution in [-0.4, -0.2) is 32.0 Å². The van der Waals surface area contributed by atoms with Crippen LogP contribution in [0.3, 0.4) is 0 Å². The summed E-state index contributed by atoms with van der Waals surface area (Å²) in [5.74, 6) is 0.564. The van der Waals surface area contributed by atoms with Gasteiger partial charge in [0.15, 0.2) is 0 Å². The number of benzene rings is 1. The average Bonchev–Trinajstić information content (AvgIpc) is 2.45. The van der Waals surface area contributed by atoms with Gasteiger partial charge in [-0.05, 0) is 24.9 Å². The predicted octanol–water partition coefficient (Wildman–Crippen LogP) is 2.55. The Balaban J connectivity index is 2.62. The zero-order chi connectivity index (χ0) is 14.1. The molecule has 0 aliphatic carbocycles. The summed E-state index contributed by atoms with van der Waals surface area (Å²) in [7, 11) is 1.86. The Bertz CT molecular complexity index is 336. The van der Waals surface area contributed by atoms with Crippen molar-refractivity contribution in [1.29, 1.82) is 0 Å². The van der Waals surface area contributed by atoms with Crippen LogP contribution in [0, 0.1) is 5.92 Å². The highest BCUT2D eigenvalue weighted by Crippen LogP contribution is 2.21. The lowest BCUT2D eigenvalue weighted by molar-refractivity contribution is 0.0226. The number of rotatable bonds is 9. The molecule has 0 fully saturated rings. The number of hydrogen-bond acceptors (Lipinski definition) is 3. The molecule has 0 spiro atoms. The first kappa shape index (κ1) is 16.2. The van der Waals surface area contributed by atoms with E-state index in [-0.39, 0.29) is 6.61 Å². The molecule has 0 amide bonds. The van der Waals surface area contributed by atoms with Gasteiger partial charge in [-0.1, -0.05) is 50.6 Å². The monoisotopic (exact) mass is 265 g/mol. The van der Waals surface area contributed by atoms with Crippen molar-refractivity contribution in [3.8, 4) is 0 Å². The molecule has 0 aliphatic heterocycles. The van der Waals surface area contributed by atoms with Crippen molar-refractivity contribution >= 4 is 0 Å². The molecule has 1 aromatic carbocycles. The molecular formula is C16H27NO2. The van der Waals surface area contributed by atoms with Gasteiger partial charge in [0.05, 0.1) is 18.8 Å². The summed E-state index contributed by atoms with van der Waals surface area (Å²) in [5.41, 5.74) is 0.552. The molecule has 0 heterocycles. The van der Waals surface area contributed by atoms with Crippen LogP contribution >= 0.6 is 0 Å². The zero-order valence-corrected chi connectivity index (χ0v) is 12.4. The first-order valence-electron chi connectivity index (χ1n) is 7.11. The van der Waals surface area contributed by atoms with Gasteiger partial charge in [0.2, 0.25) is 0 Å². The van der Waals surface area contributed by atoms with E-state index in [0.717, 1.165) is 12.2 Å². The van der Waals surface area contributed by atoms with Crippen molar-refractivity contribution in [2.24, 2.45) is 5.92 Å². The van der Waals surface area contributed by atoms with Gasteiger partial charge in [-0.25, -0.2) is 0 Å². The molecule has 0 saturated heterocycles. The fourth-order valence-corrected chi connectivity index (χ4v) is 2.28. The summed E-state index contributed by atoms with van der Waals surface area (Å²) in [6.45, 7) is 5.63. The number of likely N-dealkylation sites (N-methyl/N-ethyl adjacent to an activating group) is 1. The third kappa shape index (κ3) is 4.60. The van der Waals surface area contributed by atoms with Crippen molar-refractivity contribution in [3.63, 3.8) is 0 Å². The topological polar surface area (TPSA) is 41.5 Å². The quantitative estimate of drug-likeness (QED) is 0.721. The Morgan fingerprint density at radius 3 is 2.53 bits per heavy atom. The van der Waals surface area contributed by atoms with E-state index in [1.807, 2.05) is 37.4 Å². The zero-order valence-electron chi connectivity index (χ0n) is 12.4. The lowest BCUT2D eigenvalue weighted by Crippen LogP contribution is -2.47. The van der Waals surface area contributed by atoms with E-state index in [2.05, 4.69) is 19.2 Å². The van der Waals surface area contributed by atoms with Gasteiger partial charge in [-0.3, -0.25) is 0 Å². The fraction of sp³-hybridized carbons (Fsp3) is 0.625. The molecule has 0 aromatic heterocycles. The van der Waals surface area contributed by atoms with E-state index in [4.69, 9.17) is 4.74 Å². The molecule has 0 radical (unpaired) electrons. The minimum absolute atomic E-state index is 0.0235. The minimum Gasteiger partial charge on any atom is -0.394 e. The highest BCUT2D eigenvalue weighted by atomic mass is 16.5. The van der Waals surface area contributed by atoms with Gasteiger partial charge >= 0.3 is 0 Å². The van der Waals surface area contributed by atoms with Crippen LogP contribution in [0.4, 0.5) is 0 Å². The Morgan fingerprint density at radius 2 is 2.00 bits per heavy atom. The van der Waals surface area contributed by atoms with Gasteiger partial charge in [-0.2, -0.15) is 0 Å². The second-order valence-corrected chi connectivity index (χ2v) is 5.27. The first-order valence-corrected chi connectivity index (χ1v) is 7.11. The molecule has 108 valence electrons. The van der Waals surface area contributed by atoms with Crippen molar-refractivity contribution in [1.82, 2.24) is 5.32 Å². The molecule has 3 nitrogen and oxygen atoms in total. The Hall–Kier alpha value is -0.900. The van der Waals surface area contributed by atoms with Crippen molar-refractivity contribution in [2.45, 2.75) is 32.2 Å². The van der Waals surface area contributed by atoms with Crippen LogP contribution in [-0.2, 0) is 10.3 Å². The molecule has 2 N–H and O–H groups in total. The lowest BCUT2D eigenvalue weighted by atomic mass is 9.91. The van der Waals surface area contributed by atoms with Crippen LogP contribution < -0.4 is 5.32 Å². The highest BCUT2D eigenvalue weighted by Gasteiger charge is 2.30. The van der Waals surface area contributed by atoms with Gasteiger partial charge in [-0.15, -0.1) is 0 Å². The van der Waals surface area contributed by atoms with Crippen LogP contribution in [0.2, 0.25) is 0 Å². The molecule has 0 bridgehead atoms. The molecule has 2 atom stereocenters. The molecule has 2 unspecified atom stereocenters. The number of ether oxygens (including phenoxy) is 1. The van der Waals surface area contributed by atoms with E-state index in [0.29, 0.717) is 12.5 Å². The summed E-state index contributed by atoms with van der Waals surface area (Å²) in [4.78, 5) is 0. The van der Waals surface area contributed by atoms with E-state index in [1.165, 1.54) is 12.8 Å². The normalized spacial score (nSPS) is 16.0. The van der Waals surface area contributed by atoms with Gasteiger partial charge in [0, 0.05) is 6.61 Å². The number of hydrogen-bond donors (Lipinski definition) is 2. The Kier molecular flexibility index (Phi) is 7.06. The van der Waals surface area contributed by atoms with E-state index < -0.39 is 5.54 Å². The summed E-state index contributed by atoms with van der Waals surface area (Å²) < 4.78 is 5.83. The smallest absolute Gasteiger partial charge is 0.0903 e. The SMILES string of the molecule is CCCC(C)COCC(CO)(NC)c1ccccc1. The molecule has 3 heteroatoms. The summed E-state index contributed by atoms with van der Waals surface area (Å²) in [6.07, 6.45) is 2.36. The maximum atomic E-state index is 9.76. The lowest BCUT2D eigenvalue weighted by Gasteiger charge is -2.32. The Labute approximate surface area is 117 Å². The van der Waals surface area contributed by atoms with Crippen molar-refractivity contribution < 1.29 is 9.84 Å². The maximum absolute atomic E-state index is 9.76. The first-order chi connectivity index (χ1) is 9.18. The predicted molar refractivity (Wildman–Crippen MR) is 79.2 cm³/mol. The fourth-order valence-electron chi connectivity index (χ4n) is 2.28. The Morgan fingerprint density at radius 1 is 1.32 bits per heavy atom. The molecule has 1 aromatic rings. The molecule has 0 saturated carbocycles. The second kappa shape index (κ2) is 8.31. The third-order valence-corrected chi connectivity index (χ3v) is 3.61. The molecule has 19 heavy (non-hydrogen) atoms. The maximum Gasteiger partial charge on any atom is 0.0903 e.